The molecule has 1 saturated heterocycles. The Balaban J connectivity index is 1.50. The summed E-state index contributed by atoms with van der Waals surface area (Å²) >= 11 is 0. The molecule has 4 heteroatoms. The van der Waals surface area contributed by atoms with Gasteiger partial charge in [0.15, 0.2) is 0 Å². The van der Waals surface area contributed by atoms with Crippen LogP contribution in [-0.2, 0) is 17.8 Å². The number of carbonyl (C=O) groups excluding carboxylic acids is 1. The van der Waals surface area contributed by atoms with Gasteiger partial charge in [0.25, 0.3) is 0 Å². The van der Waals surface area contributed by atoms with Crippen molar-refractivity contribution < 1.29 is 14.3 Å². The summed E-state index contributed by atoms with van der Waals surface area (Å²) < 4.78 is 10.8. The number of rotatable bonds is 6. The number of benzene rings is 2. The van der Waals surface area contributed by atoms with E-state index < -0.39 is 0 Å². The van der Waals surface area contributed by atoms with Crippen LogP contribution in [0.2, 0.25) is 0 Å². The molecule has 23 heavy (non-hydrogen) atoms. The standard InChI is InChI=1S/C19H21NO3/c1-19(14-23-18(21)20-19)12-11-15-7-9-17(10-8-15)22-13-16-5-3-2-4-6-16/h2-10H,11-14H2,1H3,(H,20,21). The summed E-state index contributed by atoms with van der Waals surface area (Å²) in [6.07, 6.45) is 1.42. The van der Waals surface area contributed by atoms with Gasteiger partial charge < -0.3 is 14.8 Å². The summed E-state index contributed by atoms with van der Waals surface area (Å²) in [5.41, 5.74) is 2.11. The van der Waals surface area contributed by atoms with E-state index in [1.54, 1.807) is 0 Å². The molecule has 2 aromatic carbocycles. The number of hydrogen-bond acceptors (Lipinski definition) is 3. The average Bonchev–Trinajstić information content (AvgIpc) is 2.92. The second kappa shape index (κ2) is 6.73. The van der Waals surface area contributed by atoms with Gasteiger partial charge in [0.05, 0.1) is 5.54 Å². The van der Waals surface area contributed by atoms with E-state index in [0.29, 0.717) is 13.2 Å². The molecule has 0 bridgehead atoms. The Morgan fingerprint density at radius 3 is 2.48 bits per heavy atom. The molecule has 1 heterocycles. The van der Waals surface area contributed by atoms with Crippen LogP contribution >= 0.6 is 0 Å². The quantitative estimate of drug-likeness (QED) is 0.885. The molecule has 120 valence electrons. The summed E-state index contributed by atoms with van der Waals surface area (Å²) in [5.74, 6) is 0.862. The van der Waals surface area contributed by atoms with Crippen LogP contribution in [0.25, 0.3) is 0 Å². The maximum atomic E-state index is 11.2. The lowest BCUT2D eigenvalue weighted by atomic mass is 9.95. The highest BCUT2D eigenvalue weighted by Gasteiger charge is 2.34. The summed E-state index contributed by atoms with van der Waals surface area (Å²) in [7, 11) is 0. The third-order valence-electron chi connectivity index (χ3n) is 4.06. The molecule has 1 fully saturated rings. The summed E-state index contributed by atoms with van der Waals surface area (Å²) in [4.78, 5) is 11.2. The van der Waals surface area contributed by atoms with E-state index in [0.717, 1.165) is 24.2 Å². The molecule has 2 aromatic rings. The van der Waals surface area contributed by atoms with Crippen molar-refractivity contribution in [3.05, 3.63) is 65.7 Å². The number of alkyl carbamates (subject to hydrolysis) is 1. The highest BCUT2D eigenvalue weighted by Crippen LogP contribution is 2.21. The first-order valence-corrected chi connectivity index (χ1v) is 7.84. The van der Waals surface area contributed by atoms with Crippen LogP contribution in [0, 0.1) is 0 Å². The Kier molecular flexibility index (Phi) is 4.51. The molecular formula is C19H21NO3. The van der Waals surface area contributed by atoms with Crippen LogP contribution in [0.5, 0.6) is 5.75 Å². The third kappa shape index (κ3) is 4.25. The van der Waals surface area contributed by atoms with Gasteiger partial charge in [0.1, 0.15) is 19.0 Å². The number of aryl methyl sites for hydroxylation is 1. The van der Waals surface area contributed by atoms with Crippen molar-refractivity contribution in [1.29, 1.82) is 0 Å². The zero-order chi connectivity index (χ0) is 16.1. The summed E-state index contributed by atoms with van der Waals surface area (Å²) in [6, 6.07) is 18.2. The number of ether oxygens (including phenoxy) is 2. The largest absolute Gasteiger partial charge is 0.489 e. The topological polar surface area (TPSA) is 47.6 Å². The molecule has 3 rings (SSSR count). The molecule has 0 radical (unpaired) electrons. The van der Waals surface area contributed by atoms with Crippen molar-refractivity contribution in [2.24, 2.45) is 0 Å². The highest BCUT2D eigenvalue weighted by atomic mass is 16.6. The number of hydrogen-bond donors (Lipinski definition) is 1. The van der Waals surface area contributed by atoms with Crippen LogP contribution in [0.15, 0.2) is 54.6 Å². The van der Waals surface area contributed by atoms with Crippen LogP contribution < -0.4 is 10.1 Å². The van der Waals surface area contributed by atoms with E-state index >= 15 is 0 Å². The normalized spacial score (nSPS) is 20.0. The predicted molar refractivity (Wildman–Crippen MR) is 88.4 cm³/mol. The van der Waals surface area contributed by atoms with Crippen molar-refractivity contribution in [3.8, 4) is 5.75 Å². The minimum Gasteiger partial charge on any atom is -0.489 e. The Hall–Kier alpha value is -2.49. The fourth-order valence-electron chi connectivity index (χ4n) is 2.59. The molecule has 1 N–H and O–H groups in total. The van der Waals surface area contributed by atoms with Gasteiger partial charge in [0.2, 0.25) is 0 Å². The second-order valence-electron chi connectivity index (χ2n) is 6.18. The van der Waals surface area contributed by atoms with Crippen LogP contribution in [0.1, 0.15) is 24.5 Å². The molecule has 1 aliphatic rings. The molecule has 1 unspecified atom stereocenters. The SMILES string of the molecule is CC1(CCc2ccc(OCc3ccccc3)cc2)COC(=O)N1. The smallest absolute Gasteiger partial charge is 0.407 e. The Morgan fingerprint density at radius 1 is 1.09 bits per heavy atom. The van der Waals surface area contributed by atoms with E-state index in [1.807, 2.05) is 49.4 Å². The van der Waals surface area contributed by atoms with E-state index in [9.17, 15) is 4.79 Å². The van der Waals surface area contributed by atoms with Crippen molar-refractivity contribution in [2.75, 3.05) is 6.61 Å². The zero-order valence-corrected chi connectivity index (χ0v) is 13.2. The first-order chi connectivity index (χ1) is 11.1. The maximum Gasteiger partial charge on any atom is 0.407 e. The number of cyclic esters (lactones) is 1. The van der Waals surface area contributed by atoms with E-state index in [4.69, 9.17) is 9.47 Å². The molecule has 1 atom stereocenters. The van der Waals surface area contributed by atoms with Crippen LogP contribution in [-0.4, -0.2) is 18.2 Å². The third-order valence-corrected chi connectivity index (χ3v) is 4.06. The van der Waals surface area contributed by atoms with Gasteiger partial charge in [-0.25, -0.2) is 4.79 Å². The first-order valence-electron chi connectivity index (χ1n) is 7.84. The van der Waals surface area contributed by atoms with Gasteiger partial charge in [-0.05, 0) is 43.0 Å². The minimum atomic E-state index is -0.322. The van der Waals surface area contributed by atoms with Crippen molar-refractivity contribution in [3.63, 3.8) is 0 Å². The van der Waals surface area contributed by atoms with Gasteiger partial charge in [-0.2, -0.15) is 0 Å². The average molecular weight is 311 g/mol. The van der Waals surface area contributed by atoms with Gasteiger partial charge in [-0.1, -0.05) is 42.5 Å². The fraction of sp³-hybridized carbons (Fsp3) is 0.316. The summed E-state index contributed by atoms with van der Waals surface area (Å²) in [6.45, 7) is 3.01. The first kappa shape index (κ1) is 15.4. The van der Waals surface area contributed by atoms with Gasteiger partial charge in [0, 0.05) is 0 Å². The Labute approximate surface area is 136 Å². The maximum absolute atomic E-state index is 11.2. The van der Waals surface area contributed by atoms with Crippen LogP contribution in [0.3, 0.4) is 0 Å². The van der Waals surface area contributed by atoms with Gasteiger partial charge >= 0.3 is 6.09 Å². The Bertz CT molecular complexity index is 654. The lowest BCUT2D eigenvalue weighted by Gasteiger charge is -2.20. The highest BCUT2D eigenvalue weighted by molar-refractivity contribution is 5.70. The number of carbonyl (C=O) groups is 1. The molecule has 0 aliphatic carbocycles. The van der Waals surface area contributed by atoms with Crippen molar-refractivity contribution in [2.45, 2.75) is 31.9 Å². The molecule has 0 aromatic heterocycles. The molecular weight excluding hydrogens is 290 g/mol. The van der Waals surface area contributed by atoms with Gasteiger partial charge in [-0.3, -0.25) is 0 Å². The molecule has 4 nitrogen and oxygen atoms in total. The minimum absolute atomic E-state index is 0.264. The van der Waals surface area contributed by atoms with E-state index in [-0.39, 0.29) is 11.6 Å². The van der Waals surface area contributed by atoms with Gasteiger partial charge in [-0.15, -0.1) is 0 Å². The molecule has 0 spiro atoms. The Morgan fingerprint density at radius 2 is 1.83 bits per heavy atom. The van der Waals surface area contributed by atoms with Crippen LogP contribution in [0.4, 0.5) is 4.79 Å². The number of amides is 1. The van der Waals surface area contributed by atoms with Crippen molar-refractivity contribution in [1.82, 2.24) is 5.32 Å². The lowest BCUT2D eigenvalue weighted by Crippen LogP contribution is -2.40. The van der Waals surface area contributed by atoms with E-state index in [1.165, 1.54) is 5.56 Å². The van der Waals surface area contributed by atoms with E-state index in [2.05, 4.69) is 17.4 Å². The monoisotopic (exact) mass is 311 g/mol. The molecule has 1 aliphatic heterocycles. The lowest BCUT2D eigenvalue weighted by molar-refractivity contribution is 0.172. The number of nitrogens with one attached hydrogen (secondary N) is 1. The molecule has 0 saturated carbocycles. The summed E-state index contributed by atoms with van der Waals surface area (Å²) in [5, 5.41) is 2.86. The fourth-order valence-corrected chi connectivity index (χ4v) is 2.59. The van der Waals surface area contributed by atoms with Crippen molar-refractivity contribution >= 4 is 6.09 Å². The second-order valence-corrected chi connectivity index (χ2v) is 6.18. The zero-order valence-electron chi connectivity index (χ0n) is 13.2. The molecule has 1 amide bonds. The predicted octanol–water partition coefficient (Wildman–Crippen LogP) is 3.70.